The lowest BCUT2D eigenvalue weighted by atomic mass is 10.2. The molecule has 0 saturated heterocycles. The normalized spacial score (nSPS) is 12.9. The smallest absolute Gasteiger partial charge is 0.233 e. The fourth-order valence-corrected chi connectivity index (χ4v) is 3.19. The summed E-state index contributed by atoms with van der Waals surface area (Å²) in [5.41, 5.74) is 1.62. The van der Waals surface area contributed by atoms with Gasteiger partial charge in [0.2, 0.25) is 5.91 Å². The quantitative estimate of drug-likeness (QED) is 0.588. The number of hydrogen-bond acceptors (Lipinski definition) is 5. The molecule has 3 aromatic rings. The first kappa shape index (κ1) is 15.7. The summed E-state index contributed by atoms with van der Waals surface area (Å²) in [4.78, 5) is 21.3. The number of benzene rings is 1. The maximum atomic E-state index is 12.2. The van der Waals surface area contributed by atoms with Gasteiger partial charge in [-0.15, -0.1) is 5.10 Å². The van der Waals surface area contributed by atoms with E-state index in [9.17, 15) is 4.79 Å². The second-order valence-electron chi connectivity index (χ2n) is 5.73. The van der Waals surface area contributed by atoms with Crippen molar-refractivity contribution in [3.63, 3.8) is 0 Å². The van der Waals surface area contributed by atoms with E-state index in [1.165, 1.54) is 11.8 Å². The maximum Gasteiger partial charge on any atom is 0.233 e. The van der Waals surface area contributed by atoms with E-state index in [1.54, 1.807) is 4.52 Å². The molecule has 23 heavy (non-hydrogen) atoms. The third-order valence-electron chi connectivity index (χ3n) is 3.34. The Hall–Kier alpha value is -2.15. The van der Waals surface area contributed by atoms with Crippen LogP contribution < -0.4 is 5.32 Å². The molecule has 120 valence electrons. The van der Waals surface area contributed by atoms with Gasteiger partial charge in [-0.3, -0.25) is 4.79 Å². The number of nitrogens with one attached hydrogen (secondary N) is 1. The first-order valence-electron chi connectivity index (χ1n) is 7.55. The van der Waals surface area contributed by atoms with Gasteiger partial charge >= 0.3 is 0 Å². The molecule has 1 amide bonds. The van der Waals surface area contributed by atoms with Gasteiger partial charge in [-0.05, 0) is 39.8 Å². The SMILES string of the molecule is Cc1nc2c3ccccc3nc(SC(C)C(=O)NC(C)C)n2n1. The molecule has 0 radical (unpaired) electrons. The van der Waals surface area contributed by atoms with Crippen LogP contribution in [0.1, 0.15) is 26.6 Å². The average Bonchev–Trinajstić information content (AvgIpc) is 2.88. The van der Waals surface area contributed by atoms with Gasteiger partial charge in [-0.1, -0.05) is 23.9 Å². The third-order valence-corrected chi connectivity index (χ3v) is 4.38. The van der Waals surface area contributed by atoms with Crippen molar-refractivity contribution < 1.29 is 4.79 Å². The van der Waals surface area contributed by atoms with E-state index in [1.807, 2.05) is 52.0 Å². The minimum Gasteiger partial charge on any atom is -0.353 e. The molecule has 1 unspecified atom stereocenters. The highest BCUT2D eigenvalue weighted by Gasteiger charge is 2.19. The van der Waals surface area contributed by atoms with Crippen molar-refractivity contribution in [1.29, 1.82) is 0 Å². The summed E-state index contributed by atoms with van der Waals surface area (Å²) in [6.07, 6.45) is 0. The van der Waals surface area contributed by atoms with Gasteiger partial charge in [0, 0.05) is 11.4 Å². The van der Waals surface area contributed by atoms with E-state index in [4.69, 9.17) is 0 Å². The molecule has 0 spiro atoms. The van der Waals surface area contributed by atoms with Crippen LogP contribution in [-0.2, 0) is 4.79 Å². The zero-order valence-electron chi connectivity index (χ0n) is 13.6. The standard InChI is InChI=1S/C16H19N5OS/c1-9(2)17-15(22)10(3)23-16-19-13-8-6-5-7-12(13)14-18-11(4)20-21(14)16/h5-10H,1-4H3,(H,17,22). The average molecular weight is 329 g/mol. The first-order valence-corrected chi connectivity index (χ1v) is 8.43. The fourth-order valence-electron chi connectivity index (χ4n) is 2.32. The lowest BCUT2D eigenvalue weighted by Crippen LogP contribution is -2.36. The number of fused-ring (bicyclic) bond motifs is 3. The summed E-state index contributed by atoms with van der Waals surface area (Å²) in [5, 5.41) is 8.71. The molecule has 0 aliphatic carbocycles. The molecule has 0 fully saturated rings. The van der Waals surface area contributed by atoms with Crippen LogP contribution in [0.3, 0.4) is 0 Å². The molecule has 2 aromatic heterocycles. The number of rotatable bonds is 4. The predicted molar refractivity (Wildman–Crippen MR) is 91.6 cm³/mol. The van der Waals surface area contributed by atoms with Gasteiger partial charge in [0.1, 0.15) is 5.82 Å². The molecule has 0 saturated carbocycles. The molecule has 0 bridgehead atoms. The van der Waals surface area contributed by atoms with Crippen LogP contribution in [0.2, 0.25) is 0 Å². The minimum absolute atomic E-state index is 0.00931. The lowest BCUT2D eigenvalue weighted by molar-refractivity contribution is -0.120. The number of thioether (sulfide) groups is 1. The van der Waals surface area contributed by atoms with E-state index in [0.717, 1.165) is 16.6 Å². The molecule has 0 aliphatic heterocycles. The molecule has 0 aliphatic rings. The Bertz CT molecular complexity index is 873. The minimum atomic E-state index is -0.265. The van der Waals surface area contributed by atoms with Crippen LogP contribution in [0.5, 0.6) is 0 Å². The first-order chi connectivity index (χ1) is 11.0. The molecular formula is C16H19N5OS. The molecule has 1 atom stereocenters. The van der Waals surface area contributed by atoms with E-state index >= 15 is 0 Å². The summed E-state index contributed by atoms with van der Waals surface area (Å²) < 4.78 is 1.72. The number of hydrogen-bond donors (Lipinski definition) is 1. The van der Waals surface area contributed by atoms with Crippen LogP contribution in [0, 0.1) is 6.92 Å². The van der Waals surface area contributed by atoms with Gasteiger partial charge in [0.25, 0.3) is 0 Å². The highest BCUT2D eigenvalue weighted by atomic mass is 32.2. The van der Waals surface area contributed by atoms with Crippen molar-refractivity contribution in [3.05, 3.63) is 30.1 Å². The van der Waals surface area contributed by atoms with Crippen LogP contribution in [-0.4, -0.2) is 36.8 Å². The zero-order chi connectivity index (χ0) is 16.6. The summed E-state index contributed by atoms with van der Waals surface area (Å²) in [6.45, 7) is 7.62. The third kappa shape index (κ3) is 3.14. The monoisotopic (exact) mass is 329 g/mol. The summed E-state index contributed by atoms with van der Waals surface area (Å²) in [7, 11) is 0. The van der Waals surface area contributed by atoms with Crippen LogP contribution in [0.4, 0.5) is 0 Å². The van der Waals surface area contributed by atoms with Gasteiger partial charge in [0.05, 0.1) is 10.8 Å². The topological polar surface area (TPSA) is 72.2 Å². The van der Waals surface area contributed by atoms with Gasteiger partial charge < -0.3 is 5.32 Å². The van der Waals surface area contributed by atoms with Crippen molar-refractivity contribution in [1.82, 2.24) is 24.9 Å². The zero-order valence-corrected chi connectivity index (χ0v) is 14.4. The lowest BCUT2D eigenvalue weighted by Gasteiger charge is -2.14. The van der Waals surface area contributed by atoms with Crippen molar-refractivity contribution >= 4 is 34.2 Å². The molecule has 1 aromatic carbocycles. The Kier molecular flexibility index (Phi) is 4.21. The Morgan fingerprint density at radius 2 is 1.96 bits per heavy atom. The predicted octanol–water partition coefficient (Wildman–Crippen LogP) is 2.59. The van der Waals surface area contributed by atoms with Gasteiger partial charge in [-0.2, -0.15) is 4.52 Å². The number of para-hydroxylation sites is 1. The van der Waals surface area contributed by atoms with Gasteiger partial charge in [-0.25, -0.2) is 9.97 Å². The van der Waals surface area contributed by atoms with Crippen molar-refractivity contribution in [3.8, 4) is 0 Å². The fraction of sp³-hybridized carbons (Fsp3) is 0.375. The van der Waals surface area contributed by atoms with E-state index in [-0.39, 0.29) is 17.2 Å². The van der Waals surface area contributed by atoms with E-state index in [2.05, 4.69) is 20.4 Å². The Morgan fingerprint density at radius 3 is 2.70 bits per heavy atom. The Morgan fingerprint density at radius 1 is 1.22 bits per heavy atom. The molecule has 7 heteroatoms. The number of aryl methyl sites for hydroxylation is 1. The number of aromatic nitrogens is 4. The molecule has 6 nitrogen and oxygen atoms in total. The van der Waals surface area contributed by atoms with Crippen LogP contribution in [0.25, 0.3) is 16.6 Å². The molecule has 1 N–H and O–H groups in total. The number of carbonyl (C=O) groups excluding carboxylic acids is 1. The summed E-state index contributed by atoms with van der Waals surface area (Å²) in [6, 6.07) is 7.94. The van der Waals surface area contributed by atoms with Crippen molar-refractivity contribution in [2.75, 3.05) is 0 Å². The number of carbonyl (C=O) groups is 1. The molecular weight excluding hydrogens is 310 g/mol. The summed E-state index contributed by atoms with van der Waals surface area (Å²) >= 11 is 1.39. The van der Waals surface area contributed by atoms with E-state index < -0.39 is 0 Å². The number of nitrogens with zero attached hydrogens (tertiary/aromatic N) is 4. The Labute approximate surface area is 138 Å². The van der Waals surface area contributed by atoms with Gasteiger partial charge in [0.15, 0.2) is 10.8 Å². The van der Waals surface area contributed by atoms with E-state index in [0.29, 0.717) is 11.0 Å². The molecule has 3 rings (SSSR count). The second-order valence-corrected chi connectivity index (χ2v) is 7.04. The second kappa shape index (κ2) is 6.16. The van der Waals surface area contributed by atoms with Crippen LogP contribution in [0.15, 0.2) is 29.4 Å². The maximum absolute atomic E-state index is 12.2. The number of amides is 1. The summed E-state index contributed by atoms with van der Waals surface area (Å²) in [5.74, 6) is 0.675. The van der Waals surface area contributed by atoms with Crippen molar-refractivity contribution in [2.24, 2.45) is 0 Å². The highest BCUT2D eigenvalue weighted by Crippen LogP contribution is 2.26. The Balaban J connectivity index is 2.04. The highest BCUT2D eigenvalue weighted by molar-refractivity contribution is 8.00. The molecule has 2 heterocycles. The largest absolute Gasteiger partial charge is 0.353 e. The van der Waals surface area contributed by atoms with Crippen molar-refractivity contribution in [2.45, 2.75) is 44.1 Å². The van der Waals surface area contributed by atoms with Crippen LogP contribution >= 0.6 is 11.8 Å².